The minimum Gasteiger partial charge on any atom is -0.355 e. The lowest BCUT2D eigenvalue weighted by Crippen LogP contribution is -2.48. The van der Waals surface area contributed by atoms with Crippen LogP contribution in [-0.2, 0) is 19.1 Å². The Morgan fingerprint density at radius 2 is 1.92 bits per heavy atom. The lowest BCUT2D eigenvalue weighted by molar-refractivity contribution is -0.187. The summed E-state index contributed by atoms with van der Waals surface area (Å²) >= 11 is 0. The van der Waals surface area contributed by atoms with Crippen molar-refractivity contribution >= 4 is 11.8 Å². The molecule has 134 valence electrons. The minimum absolute atomic E-state index is 0.0617. The molecule has 2 heterocycles. The fraction of sp³-hybridized carbons (Fsp3) is 0.778. The Labute approximate surface area is 143 Å². The number of carbonyl (C=O) groups excluding carboxylic acids is 2. The highest BCUT2D eigenvalue weighted by Gasteiger charge is 2.40. The van der Waals surface area contributed by atoms with Crippen molar-refractivity contribution in [1.82, 2.24) is 10.2 Å². The zero-order valence-electron chi connectivity index (χ0n) is 14.3. The van der Waals surface area contributed by atoms with Crippen molar-refractivity contribution in [1.29, 1.82) is 0 Å². The van der Waals surface area contributed by atoms with Gasteiger partial charge in [-0.25, -0.2) is 0 Å². The van der Waals surface area contributed by atoms with E-state index < -0.39 is 5.79 Å². The van der Waals surface area contributed by atoms with Gasteiger partial charge in [0.2, 0.25) is 11.8 Å². The molecule has 0 saturated carbocycles. The summed E-state index contributed by atoms with van der Waals surface area (Å²) in [5.74, 6) is -0.755. The average molecular weight is 336 g/mol. The molecule has 2 fully saturated rings. The molecule has 3 rings (SSSR count). The smallest absolute Gasteiger partial charge is 0.232 e. The Kier molecular flexibility index (Phi) is 5.89. The van der Waals surface area contributed by atoms with Gasteiger partial charge in [-0.15, -0.1) is 0 Å². The third-order valence-corrected chi connectivity index (χ3v) is 5.16. The van der Waals surface area contributed by atoms with E-state index in [0.29, 0.717) is 45.7 Å². The van der Waals surface area contributed by atoms with Crippen LogP contribution in [-0.4, -0.2) is 55.3 Å². The third-order valence-electron chi connectivity index (χ3n) is 5.16. The quantitative estimate of drug-likeness (QED) is 0.613. The number of carbonyl (C=O) groups is 2. The Hall–Kier alpha value is -1.40. The molecule has 1 N–H and O–H groups in total. The van der Waals surface area contributed by atoms with Crippen LogP contribution in [0.2, 0.25) is 0 Å². The second-order valence-electron chi connectivity index (χ2n) is 6.87. The number of ether oxygens (including phenoxy) is 2. The van der Waals surface area contributed by atoms with Crippen molar-refractivity contribution < 1.29 is 19.1 Å². The molecule has 2 aliphatic heterocycles. The number of hydrogen-bond acceptors (Lipinski definition) is 4. The van der Waals surface area contributed by atoms with E-state index >= 15 is 0 Å². The van der Waals surface area contributed by atoms with Crippen LogP contribution in [0, 0.1) is 0 Å². The van der Waals surface area contributed by atoms with Crippen molar-refractivity contribution in [2.45, 2.75) is 57.2 Å². The topological polar surface area (TPSA) is 67.9 Å². The maximum atomic E-state index is 12.2. The summed E-state index contributed by atoms with van der Waals surface area (Å²) < 4.78 is 11.3. The number of hydrogen-bond donors (Lipinski definition) is 1. The normalized spacial score (nSPS) is 23.2. The Morgan fingerprint density at radius 1 is 1.17 bits per heavy atom. The molecular formula is C18H28N2O4. The summed E-state index contributed by atoms with van der Waals surface area (Å²) in [4.78, 5) is 26.0. The molecule has 0 atom stereocenters. The van der Waals surface area contributed by atoms with Crippen molar-refractivity contribution in [2.24, 2.45) is 0 Å². The molecule has 24 heavy (non-hydrogen) atoms. The number of piperidine rings is 1. The van der Waals surface area contributed by atoms with Crippen LogP contribution in [0.15, 0.2) is 11.6 Å². The predicted molar refractivity (Wildman–Crippen MR) is 89.2 cm³/mol. The van der Waals surface area contributed by atoms with Gasteiger partial charge in [0.1, 0.15) is 6.42 Å². The highest BCUT2D eigenvalue weighted by molar-refractivity contribution is 5.96. The minimum atomic E-state index is -0.479. The number of likely N-dealkylation sites (tertiary alicyclic amines) is 1. The van der Waals surface area contributed by atoms with Crippen LogP contribution in [0.25, 0.3) is 0 Å². The number of nitrogens with one attached hydrogen (secondary N) is 1. The summed E-state index contributed by atoms with van der Waals surface area (Å²) in [6.07, 6.45) is 9.34. The van der Waals surface area contributed by atoms with E-state index in [-0.39, 0.29) is 18.2 Å². The first-order valence-corrected chi connectivity index (χ1v) is 9.17. The van der Waals surface area contributed by atoms with Crippen molar-refractivity contribution in [3.05, 3.63) is 11.6 Å². The van der Waals surface area contributed by atoms with Gasteiger partial charge in [0, 0.05) is 32.5 Å². The first kappa shape index (κ1) is 17.4. The van der Waals surface area contributed by atoms with Gasteiger partial charge < -0.3 is 19.7 Å². The monoisotopic (exact) mass is 336 g/mol. The first-order chi connectivity index (χ1) is 11.7. The second-order valence-corrected chi connectivity index (χ2v) is 6.87. The summed E-state index contributed by atoms with van der Waals surface area (Å²) in [5.41, 5.74) is 1.44. The second kappa shape index (κ2) is 8.12. The van der Waals surface area contributed by atoms with Crippen molar-refractivity contribution in [2.75, 3.05) is 32.8 Å². The van der Waals surface area contributed by atoms with Gasteiger partial charge in [-0.1, -0.05) is 11.6 Å². The molecule has 0 bridgehead atoms. The highest BCUT2D eigenvalue weighted by atomic mass is 16.7. The summed E-state index contributed by atoms with van der Waals surface area (Å²) in [5, 5.41) is 2.87. The molecule has 0 radical (unpaired) electrons. The van der Waals surface area contributed by atoms with E-state index in [2.05, 4.69) is 11.4 Å². The van der Waals surface area contributed by atoms with Crippen molar-refractivity contribution in [3.63, 3.8) is 0 Å². The van der Waals surface area contributed by atoms with Gasteiger partial charge in [0.25, 0.3) is 0 Å². The summed E-state index contributed by atoms with van der Waals surface area (Å²) in [7, 11) is 0. The molecule has 2 saturated heterocycles. The predicted octanol–water partition coefficient (Wildman–Crippen LogP) is 1.75. The van der Waals surface area contributed by atoms with Gasteiger partial charge in [-0.2, -0.15) is 0 Å². The highest BCUT2D eigenvalue weighted by Crippen LogP contribution is 2.31. The van der Waals surface area contributed by atoms with Gasteiger partial charge in [-0.05, 0) is 32.1 Å². The van der Waals surface area contributed by atoms with E-state index in [0.717, 1.165) is 19.3 Å². The zero-order valence-corrected chi connectivity index (χ0v) is 14.3. The van der Waals surface area contributed by atoms with Crippen LogP contribution in [0.3, 0.4) is 0 Å². The molecule has 0 aromatic heterocycles. The van der Waals surface area contributed by atoms with Crippen LogP contribution < -0.4 is 5.32 Å². The summed E-state index contributed by atoms with van der Waals surface area (Å²) in [6, 6.07) is 0. The molecule has 6 nitrogen and oxygen atoms in total. The molecule has 0 aromatic carbocycles. The third kappa shape index (κ3) is 4.57. The standard InChI is InChI=1S/C18H28N2O4/c21-16(19-9-6-15-4-2-1-3-5-15)14-17(22)20-10-7-18(8-11-20)23-12-13-24-18/h4H,1-3,5-14H2,(H,19,21). The van der Waals surface area contributed by atoms with Gasteiger partial charge in [0.15, 0.2) is 5.79 Å². The Morgan fingerprint density at radius 3 is 2.58 bits per heavy atom. The number of allylic oxidation sites excluding steroid dienone is 1. The van der Waals surface area contributed by atoms with Crippen LogP contribution in [0.1, 0.15) is 51.4 Å². The fourth-order valence-electron chi connectivity index (χ4n) is 3.69. The molecule has 1 aliphatic carbocycles. The first-order valence-electron chi connectivity index (χ1n) is 9.17. The molecule has 1 spiro atoms. The van der Waals surface area contributed by atoms with Gasteiger partial charge in [-0.3, -0.25) is 9.59 Å². The number of amides is 2. The van der Waals surface area contributed by atoms with Crippen molar-refractivity contribution in [3.8, 4) is 0 Å². The van der Waals surface area contributed by atoms with E-state index in [1.165, 1.54) is 18.4 Å². The molecule has 2 amide bonds. The molecular weight excluding hydrogens is 308 g/mol. The zero-order chi connectivity index (χ0) is 16.8. The fourth-order valence-corrected chi connectivity index (χ4v) is 3.69. The summed E-state index contributed by atoms with van der Waals surface area (Å²) in [6.45, 7) is 3.08. The largest absolute Gasteiger partial charge is 0.355 e. The number of rotatable bonds is 5. The van der Waals surface area contributed by atoms with Crippen LogP contribution in [0.4, 0.5) is 0 Å². The SMILES string of the molecule is O=C(CC(=O)N1CCC2(CC1)OCCO2)NCCC1=CCCCC1. The average Bonchev–Trinajstić information content (AvgIpc) is 3.04. The molecule has 6 heteroatoms. The van der Waals surface area contributed by atoms with Crippen LogP contribution >= 0.6 is 0 Å². The lowest BCUT2D eigenvalue weighted by Gasteiger charge is -2.37. The van der Waals surface area contributed by atoms with Gasteiger partial charge >= 0.3 is 0 Å². The van der Waals surface area contributed by atoms with Gasteiger partial charge in [0.05, 0.1) is 13.2 Å². The van der Waals surface area contributed by atoms with E-state index in [4.69, 9.17) is 9.47 Å². The van der Waals surface area contributed by atoms with E-state index in [1.807, 2.05) is 0 Å². The Bertz CT molecular complexity index is 487. The molecule has 3 aliphatic rings. The van der Waals surface area contributed by atoms with Crippen LogP contribution in [0.5, 0.6) is 0 Å². The molecule has 0 unspecified atom stereocenters. The maximum Gasteiger partial charge on any atom is 0.232 e. The molecule has 0 aromatic rings. The Balaban J connectivity index is 1.34. The maximum absolute atomic E-state index is 12.2. The van der Waals surface area contributed by atoms with E-state index in [9.17, 15) is 9.59 Å². The number of nitrogens with zero attached hydrogens (tertiary/aromatic N) is 1. The lowest BCUT2D eigenvalue weighted by atomic mass is 9.97. The van der Waals surface area contributed by atoms with E-state index in [1.54, 1.807) is 4.90 Å².